The molecule has 0 amide bonds. The molecule has 0 spiro atoms. The molecular weight excluding hydrogens is 376 g/mol. The molecule has 2 aromatic heterocycles. The van der Waals surface area contributed by atoms with Crippen molar-refractivity contribution in [2.45, 2.75) is 16.7 Å². The van der Waals surface area contributed by atoms with E-state index in [1.165, 1.54) is 20.5 Å². The van der Waals surface area contributed by atoms with Gasteiger partial charge in [-0.2, -0.15) is 0 Å². The summed E-state index contributed by atoms with van der Waals surface area (Å²) < 4.78 is 1.21. The zero-order valence-corrected chi connectivity index (χ0v) is 16.1. The first-order chi connectivity index (χ1) is 13.0. The van der Waals surface area contributed by atoms with E-state index in [2.05, 4.69) is 30.1 Å². The van der Waals surface area contributed by atoms with E-state index in [-0.39, 0.29) is 0 Å². The number of thiophene rings is 1. The number of benzene rings is 2. The van der Waals surface area contributed by atoms with Gasteiger partial charge < -0.3 is 10.8 Å². The Labute approximate surface area is 164 Å². The number of aromatic carboxylic acids is 1. The molecule has 134 valence electrons. The summed E-state index contributed by atoms with van der Waals surface area (Å²) in [5.74, 6) is -0.401. The van der Waals surface area contributed by atoms with Gasteiger partial charge in [-0.1, -0.05) is 17.8 Å². The van der Waals surface area contributed by atoms with Gasteiger partial charge in [0.15, 0.2) is 0 Å². The monoisotopic (exact) mass is 392 g/mol. The van der Waals surface area contributed by atoms with Crippen molar-refractivity contribution < 1.29 is 9.90 Å². The smallest absolute Gasteiger partial charge is 0.335 e. The number of carboxylic acid groups (broad SMARTS) is 1. The van der Waals surface area contributed by atoms with Crippen LogP contribution in [0, 0.1) is 6.92 Å². The third kappa shape index (κ3) is 3.54. The number of nitrogen functional groups attached to an aromatic ring is 1. The number of hydrogen-bond acceptors (Lipinski definition) is 5. The highest BCUT2D eigenvalue weighted by Crippen LogP contribution is 2.40. The number of nitrogens with two attached hydrogens (primary N) is 1. The third-order valence-corrected chi connectivity index (χ3v) is 6.57. The van der Waals surface area contributed by atoms with Crippen molar-refractivity contribution in [1.82, 2.24) is 4.98 Å². The topological polar surface area (TPSA) is 76.2 Å². The Morgan fingerprint density at radius 2 is 1.93 bits per heavy atom. The Hall–Kier alpha value is -2.83. The van der Waals surface area contributed by atoms with Crippen LogP contribution in [0.2, 0.25) is 0 Å². The minimum absolute atomic E-state index is 0.297. The van der Waals surface area contributed by atoms with E-state index in [0.717, 1.165) is 15.4 Å². The lowest BCUT2D eigenvalue weighted by Gasteiger charge is -2.04. The van der Waals surface area contributed by atoms with Crippen molar-refractivity contribution in [3.8, 4) is 10.4 Å². The van der Waals surface area contributed by atoms with Crippen LogP contribution in [0.4, 0.5) is 5.82 Å². The van der Waals surface area contributed by atoms with E-state index >= 15 is 0 Å². The van der Waals surface area contributed by atoms with Gasteiger partial charge in [-0.15, -0.1) is 11.3 Å². The molecule has 0 unspecified atom stereocenters. The standard InChI is InChI=1S/C21H16N2O2S2/c1-12-17-11-16(26-15-4-2-3-14(9-15)21(24)25)5-6-18(17)27-20(12)13-7-8-23-19(22)10-13/h2-11H,1H3,(H2,22,23)(H,24,25). The van der Waals surface area contributed by atoms with Gasteiger partial charge in [0.05, 0.1) is 5.56 Å². The molecule has 6 heteroatoms. The molecule has 2 heterocycles. The number of anilines is 1. The number of hydrogen-bond donors (Lipinski definition) is 2. The summed E-state index contributed by atoms with van der Waals surface area (Å²) in [6.45, 7) is 2.12. The fraction of sp³-hybridized carbons (Fsp3) is 0.0476. The van der Waals surface area contributed by atoms with Crippen molar-refractivity contribution in [3.05, 3.63) is 71.9 Å². The molecule has 0 saturated carbocycles. The second-order valence-electron chi connectivity index (χ2n) is 6.12. The summed E-state index contributed by atoms with van der Waals surface area (Å²) in [4.78, 5) is 18.4. The van der Waals surface area contributed by atoms with Gasteiger partial charge in [-0.25, -0.2) is 9.78 Å². The van der Waals surface area contributed by atoms with E-state index in [0.29, 0.717) is 11.4 Å². The highest BCUT2D eigenvalue weighted by molar-refractivity contribution is 7.99. The van der Waals surface area contributed by atoms with Crippen LogP contribution in [-0.2, 0) is 0 Å². The Bertz CT molecular complexity index is 1170. The highest BCUT2D eigenvalue weighted by Gasteiger charge is 2.12. The van der Waals surface area contributed by atoms with E-state index in [1.54, 1.807) is 47.5 Å². The molecule has 2 aromatic carbocycles. The number of rotatable bonds is 4. The van der Waals surface area contributed by atoms with Crippen LogP contribution < -0.4 is 5.73 Å². The van der Waals surface area contributed by atoms with Gasteiger partial charge in [0.25, 0.3) is 0 Å². The number of nitrogens with zero attached hydrogens (tertiary/aromatic N) is 1. The average Bonchev–Trinajstić information content (AvgIpc) is 2.98. The van der Waals surface area contributed by atoms with E-state index in [9.17, 15) is 4.79 Å². The summed E-state index contributed by atoms with van der Waals surface area (Å²) in [7, 11) is 0. The first kappa shape index (κ1) is 17.6. The normalized spacial score (nSPS) is 11.0. The van der Waals surface area contributed by atoms with Crippen molar-refractivity contribution in [2.24, 2.45) is 0 Å². The fourth-order valence-electron chi connectivity index (χ4n) is 2.96. The molecule has 0 bridgehead atoms. The van der Waals surface area contributed by atoms with Crippen LogP contribution in [0.3, 0.4) is 0 Å². The van der Waals surface area contributed by atoms with Crippen molar-refractivity contribution >= 4 is 45.0 Å². The molecule has 0 aliphatic rings. The lowest BCUT2D eigenvalue weighted by molar-refractivity contribution is 0.0696. The summed E-state index contributed by atoms with van der Waals surface area (Å²) in [6.07, 6.45) is 1.73. The first-order valence-electron chi connectivity index (χ1n) is 8.27. The summed E-state index contributed by atoms with van der Waals surface area (Å²) in [6, 6.07) is 17.2. The molecular formula is C21H16N2O2S2. The van der Waals surface area contributed by atoms with Gasteiger partial charge >= 0.3 is 5.97 Å². The maximum atomic E-state index is 11.2. The van der Waals surface area contributed by atoms with E-state index in [4.69, 9.17) is 10.8 Å². The van der Waals surface area contributed by atoms with Crippen molar-refractivity contribution in [3.63, 3.8) is 0 Å². The maximum absolute atomic E-state index is 11.2. The minimum atomic E-state index is -0.914. The maximum Gasteiger partial charge on any atom is 0.335 e. The molecule has 0 aliphatic carbocycles. The predicted octanol–water partition coefficient (Wildman–Crippen LogP) is 5.70. The Morgan fingerprint density at radius 1 is 1.11 bits per heavy atom. The zero-order valence-electron chi connectivity index (χ0n) is 14.5. The Kier molecular flexibility index (Phi) is 4.59. The van der Waals surface area contributed by atoms with Gasteiger partial charge in [0.1, 0.15) is 5.82 Å². The largest absolute Gasteiger partial charge is 0.478 e. The first-order valence-corrected chi connectivity index (χ1v) is 9.91. The summed E-state index contributed by atoms with van der Waals surface area (Å²) >= 11 is 3.30. The number of fused-ring (bicyclic) bond motifs is 1. The molecule has 4 nitrogen and oxygen atoms in total. The lowest BCUT2D eigenvalue weighted by Crippen LogP contribution is -1.95. The van der Waals surface area contributed by atoms with Gasteiger partial charge in [0.2, 0.25) is 0 Å². The molecule has 0 fully saturated rings. The van der Waals surface area contributed by atoms with Crippen molar-refractivity contribution in [2.75, 3.05) is 5.73 Å². The van der Waals surface area contributed by atoms with Crippen LogP contribution in [0.15, 0.2) is 70.6 Å². The number of carbonyl (C=O) groups is 1. The quantitative estimate of drug-likeness (QED) is 0.466. The SMILES string of the molecule is Cc1c(-c2ccnc(N)c2)sc2ccc(Sc3cccc(C(=O)O)c3)cc12. The summed E-state index contributed by atoms with van der Waals surface area (Å²) in [5, 5.41) is 10.4. The Morgan fingerprint density at radius 3 is 2.70 bits per heavy atom. The molecule has 0 atom stereocenters. The molecule has 27 heavy (non-hydrogen) atoms. The number of carboxylic acids is 1. The fourth-order valence-corrected chi connectivity index (χ4v) is 5.06. The van der Waals surface area contributed by atoms with Crippen LogP contribution in [-0.4, -0.2) is 16.1 Å². The molecule has 3 N–H and O–H groups in total. The van der Waals surface area contributed by atoms with Gasteiger partial charge in [0, 0.05) is 25.6 Å². The zero-order chi connectivity index (χ0) is 19.0. The summed E-state index contributed by atoms with van der Waals surface area (Å²) in [5.41, 5.74) is 8.41. The van der Waals surface area contributed by atoms with Gasteiger partial charge in [-0.3, -0.25) is 0 Å². The molecule has 0 aliphatic heterocycles. The van der Waals surface area contributed by atoms with Crippen molar-refractivity contribution in [1.29, 1.82) is 0 Å². The molecule has 0 saturated heterocycles. The number of aromatic nitrogens is 1. The minimum Gasteiger partial charge on any atom is -0.478 e. The molecule has 0 radical (unpaired) electrons. The van der Waals surface area contributed by atoms with Crippen LogP contribution in [0.25, 0.3) is 20.5 Å². The molecule has 4 rings (SSSR count). The lowest BCUT2D eigenvalue weighted by atomic mass is 10.1. The second-order valence-corrected chi connectivity index (χ2v) is 8.32. The average molecular weight is 393 g/mol. The van der Waals surface area contributed by atoms with Crippen LogP contribution in [0.1, 0.15) is 15.9 Å². The third-order valence-electron chi connectivity index (χ3n) is 4.27. The van der Waals surface area contributed by atoms with Crippen LogP contribution >= 0.6 is 23.1 Å². The van der Waals surface area contributed by atoms with Gasteiger partial charge in [-0.05, 0) is 72.0 Å². The second kappa shape index (κ2) is 7.06. The van der Waals surface area contributed by atoms with Crippen LogP contribution in [0.5, 0.6) is 0 Å². The Balaban J connectivity index is 1.71. The highest BCUT2D eigenvalue weighted by atomic mass is 32.2. The number of pyridine rings is 1. The predicted molar refractivity (Wildman–Crippen MR) is 112 cm³/mol. The number of aryl methyl sites for hydroxylation is 1. The van der Waals surface area contributed by atoms with E-state index in [1.807, 2.05) is 18.2 Å². The van der Waals surface area contributed by atoms with E-state index < -0.39 is 5.97 Å². The molecule has 4 aromatic rings.